The van der Waals surface area contributed by atoms with Crippen LogP contribution in [-0.4, -0.2) is 12.5 Å². The van der Waals surface area contributed by atoms with Crippen molar-refractivity contribution in [1.82, 2.24) is 5.32 Å². The molecular formula is C13H14BrNO2. The summed E-state index contributed by atoms with van der Waals surface area (Å²) in [5, 5.41) is 3.79. The van der Waals surface area contributed by atoms with Crippen molar-refractivity contribution in [3.05, 3.63) is 34.0 Å². The number of hydrogen-bond donors (Lipinski definition) is 1. The van der Waals surface area contributed by atoms with Gasteiger partial charge in [-0.05, 0) is 31.5 Å². The Bertz CT molecular complexity index is 560. The molecule has 0 atom stereocenters. The van der Waals surface area contributed by atoms with Gasteiger partial charge in [0.2, 0.25) is 0 Å². The van der Waals surface area contributed by atoms with Crippen LogP contribution in [0, 0.1) is 6.92 Å². The van der Waals surface area contributed by atoms with Gasteiger partial charge in [0.25, 0.3) is 5.91 Å². The van der Waals surface area contributed by atoms with Crippen LogP contribution in [0.3, 0.4) is 0 Å². The fourth-order valence-electron chi connectivity index (χ4n) is 1.73. The average Bonchev–Trinajstić information content (AvgIpc) is 2.64. The van der Waals surface area contributed by atoms with E-state index in [0.717, 1.165) is 27.4 Å². The van der Waals surface area contributed by atoms with Gasteiger partial charge >= 0.3 is 0 Å². The molecular weight excluding hydrogens is 282 g/mol. The van der Waals surface area contributed by atoms with E-state index in [-0.39, 0.29) is 5.91 Å². The van der Waals surface area contributed by atoms with Crippen LogP contribution < -0.4 is 5.32 Å². The number of hydrogen-bond acceptors (Lipinski definition) is 2. The predicted octanol–water partition coefficient (Wildman–Crippen LogP) is 3.64. The van der Waals surface area contributed by atoms with Gasteiger partial charge in [-0.25, -0.2) is 0 Å². The SMILES string of the molecule is CCCNC(=O)c1oc2ccc(Br)cc2c1C. The quantitative estimate of drug-likeness (QED) is 0.939. The van der Waals surface area contributed by atoms with E-state index in [4.69, 9.17) is 4.42 Å². The predicted molar refractivity (Wildman–Crippen MR) is 71.3 cm³/mol. The summed E-state index contributed by atoms with van der Waals surface area (Å²) in [7, 11) is 0. The first-order valence-corrected chi connectivity index (χ1v) is 6.39. The third kappa shape index (κ3) is 2.36. The molecule has 0 fully saturated rings. The molecule has 1 heterocycles. The van der Waals surface area contributed by atoms with Crippen molar-refractivity contribution >= 4 is 32.8 Å². The van der Waals surface area contributed by atoms with E-state index in [1.54, 1.807) is 0 Å². The van der Waals surface area contributed by atoms with Crippen molar-refractivity contribution in [1.29, 1.82) is 0 Å². The van der Waals surface area contributed by atoms with E-state index in [2.05, 4.69) is 21.2 Å². The molecule has 0 radical (unpaired) electrons. The van der Waals surface area contributed by atoms with Crippen molar-refractivity contribution in [2.75, 3.05) is 6.54 Å². The molecule has 17 heavy (non-hydrogen) atoms. The molecule has 0 saturated carbocycles. The van der Waals surface area contributed by atoms with E-state index in [1.807, 2.05) is 32.0 Å². The maximum absolute atomic E-state index is 11.9. The smallest absolute Gasteiger partial charge is 0.287 e. The Morgan fingerprint density at radius 1 is 1.47 bits per heavy atom. The minimum atomic E-state index is -0.142. The van der Waals surface area contributed by atoms with Gasteiger partial charge < -0.3 is 9.73 Å². The molecule has 0 aliphatic rings. The molecule has 3 nitrogen and oxygen atoms in total. The lowest BCUT2D eigenvalue weighted by Crippen LogP contribution is -2.24. The molecule has 1 aromatic carbocycles. The minimum absolute atomic E-state index is 0.142. The number of fused-ring (bicyclic) bond motifs is 1. The Labute approximate surface area is 108 Å². The van der Waals surface area contributed by atoms with Gasteiger partial charge in [-0.2, -0.15) is 0 Å². The zero-order valence-electron chi connectivity index (χ0n) is 9.84. The number of furan rings is 1. The molecule has 1 amide bonds. The molecule has 0 aliphatic heterocycles. The molecule has 0 unspecified atom stereocenters. The van der Waals surface area contributed by atoms with Crippen molar-refractivity contribution in [2.45, 2.75) is 20.3 Å². The largest absolute Gasteiger partial charge is 0.451 e. The summed E-state index contributed by atoms with van der Waals surface area (Å²) in [6.07, 6.45) is 0.913. The van der Waals surface area contributed by atoms with Gasteiger partial charge in [-0.3, -0.25) is 4.79 Å². The van der Waals surface area contributed by atoms with Crippen LogP contribution >= 0.6 is 15.9 Å². The van der Waals surface area contributed by atoms with Crippen LogP contribution in [0.2, 0.25) is 0 Å². The first kappa shape index (κ1) is 12.2. The van der Waals surface area contributed by atoms with Crippen LogP contribution in [0.4, 0.5) is 0 Å². The molecule has 0 saturated heterocycles. The molecule has 1 N–H and O–H groups in total. The fourth-order valence-corrected chi connectivity index (χ4v) is 2.09. The Morgan fingerprint density at radius 3 is 2.94 bits per heavy atom. The molecule has 0 aliphatic carbocycles. The second-order valence-corrected chi connectivity index (χ2v) is 4.87. The summed E-state index contributed by atoms with van der Waals surface area (Å²) >= 11 is 3.41. The zero-order valence-corrected chi connectivity index (χ0v) is 11.4. The number of nitrogens with one attached hydrogen (secondary N) is 1. The van der Waals surface area contributed by atoms with Crippen LogP contribution in [0.1, 0.15) is 29.5 Å². The van der Waals surface area contributed by atoms with Gasteiger partial charge in [0.15, 0.2) is 5.76 Å². The van der Waals surface area contributed by atoms with Crippen molar-refractivity contribution in [3.63, 3.8) is 0 Å². The highest BCUT2D eigenvalue weighted by Crippen LogP contribution is 2.27. The standard InChI is InChI=1S/C13H14BrNO2/c1-3-6-15-13(16)12-8(2)10-7-9(14)4-5-11(10)17-12/h4-5,7H,3,6H2,1-2H3,(H,15,16). The molecule has 4 heteroatoms. The third-order valence-corrected chi connectivity index (χ3v) is 3.13. The Kier molecular flexibility index (Phi) is 3.52. The van der Waals surface area contributed by atoms with Gasteiger partial charge in [0.05, 0.1) is 0 Å². The third-order valence-electron chi connectivity index (χ3n) is 2.64. The number of aryl methyl sites for hydroxylation is 1. The molecule has 1 aromatic heterocycles. The topological polar surface area (TPSA) is 42.2 Å². The van der Waals surface area contributed by atoms with E-state index in [1.165, 1.54) is 0 Å². The van der Waals surface area contributed by atoms with Crippen molar-refractivity contribution in [3.8, 4) is 0 Å². The van der Waals surface area contributed by atoms with E-state index in [9.17, 15) is 4.79 Å². The highest BCUT2D eigenvalue weighted by atomic mass is 79.9. The monoisotopic (exact) mass is 295 g/mol. The first-order chi connectivity index (χ1) is 8.13. The van der Waals surface area contributed by atoms with Gasteiger partial charge in [0.1, 0.15) is 5.58 Å². The fraction of sp³-hybridized carbons (Fsp3) is 0.308. The van der Waals surface area contributed by atoms with Gasteiger partial charge in [-0.1, -0.05) is 22.9 Å². The first-order valence-electron chi connectivity index (χ1n) is 5.60. The second-order valence-electron chi connectivity index (χ2n) is 3.95. The Morgan fingerprint density at radius 2 is 2.24 bits per heavy atom. The maximum atomic E-state index is 11.9. The minimum Gasteiger partial charge on any atom is -0.451 e. The van der Waals surface area contributed by atoms with Gasteiger partial charge in [-0.15, -0.1) is 0 Å². The summed E-state index contributed by atoms with van der Waals surface area (Å²) in [5.74, 6) is 0.267. The van der Waals surface area contributed by atoms with Gasteiger partial charge in [0, 0.05) is 22.0 Å². The summed E-state index contributed by atoms with van der Waals surface area (Å²) in [4.78, 5) is 11.9. The van der Waals surface area contributed by atoms with Crippen LogP contribution in [0.15, 0.2) is 27.1 Å². The highest BCUT2D eigenvalue weighted by Gasteiger charge is 2.16. The number of carbonyl (C=O) groups excluding carboxylic acids is 1. The Balaban J connectivity index is 2.42. The molecule has 90 valence electrons. The number of carbonyl (C=O) groups is 1. The number of rotatable bonds is 3. The molecule has 2 rings (SSSR count). The van der Waals surface area contributed by atoms with Crippen molar-refractivity contribution < 1.29 is 9.21 Å². The molecule has 0 bridgehead atoms. The van der Waals surface area contributed by atoms with E-state index < -0.39 is 0 Å². The summed E-state index contributed by atoms with van der Waals surface area (Å²) in [5.41, 5.74) is 1.63. The molecule has 2 aromatic rings. The lowest BCUT2D eigenvalue weighted by atomic mass is 10.1. The Hall–Kier alpha value is -1.29. The average molecular weight is 296 g/mol. The highest BCUT2D eigenvalue weighted by molar-refractivity contribution is 9.10. The summed E-state index contributed by atoms with van der Waals surface area (Å²) < 4.78 is 6.56. The maximum Gasteiger partial charge on any atom is 0.287 e. The zero-order chi connectivity index (χ0) is 12.4. The lowest BCUT2D eigenvalue weighted by molar-refractivity contribution is 0.0927. The number of benzene rings is 1. The number of amides is 1. The summed E-state index contributed by atoms with van der Waals surface area (Å²) in [6, 6.07) is 5.73. The van der Waals surface area contributed by atoms with Crippen LogP contribution in [0.25, 0.3) is 11.0 Å². The van der Waals surface area contributed by atoms with Crippen LogP contribution in [0.5, 0.6) is 0 Å². The van der Waals surface area contributed by atoms with E-state index >= 15 is 0 Å². The van der Waals surface area contributed by atoms with E-state index in [0.29, 0.717) is 12.3 Å². The normalized spacial score (nSPS) is 10.8. The number of halogens is 1. The lowest BCUT2D eigenvalue weighted by Gasteiger charge is -2.00. The second kappa shape index (κ2) is 4.92. The van der Waals surface area contributed by atoms with Crippen molar-refractivity contribution in [2.24, 2.45) is 0 Å². The summed E-state index contributed by atoms with van der Waals surface area (Å²) in [6.45, 7) is 4.58. The molecule has 0 spiro atoms. The van der Waals surface area contributed by atoms with Crippen LogP contribution in [-0.2, 0) is 0 Å².